The molecule has 3 aromatic carbocycles. The molecule has 0 saturated heterocycles. The third-order valence-corrected chi connectivity index (χ3v) is 9.31. The fourth-order valence-corrected chi connectivity index (χ4v) is 6.80. The van der Waals surface area contributed by atoms with Crippen LogP contribution in [0.15, 0.2) is 77.7 Å². The molecule has 7 nitrogen and oxygen atoms in total. The van der Waals surface area contributed by atoms with Crippen LogP contribution in [0.2, 0.25) is 0 Å². The van der Waals surface area contributed by atoms with Crippen LogP contribution in [0, 0.1) is 20.8 Å². The lowest BCUT2D eigenvalue weighted by Crippen LogP contribution is -2.52. The van der Waals surface area contributed by atoms with Crippen LogP contribution in [0.25, 0.3) is 0 Å². The molecule has 4 rings (SSSR count). The van der Waals surface area contributed by atoms with Crippen molar-refractivity contribution in [2.75, 3.05) is 10.8 Å². The summed E-state index contributed by atoms with van der Waals surface area (Å²) in [6, 6.07) is 20.7. The molecule has 0 unspecified atom stereocenters. The first-order valence-corrected chi connectivity index (χ1v) is 15.3. The van der Waals surface area contributed by atoms with Crippen LogP contribution in [-0.4, -0.2) is 43.8 Å². The number of amides is 2. The molecular weight excluding hydrogens is 522 g/mol. The summed E-state index contributed by atoms with van der Waals surface area (Å²) in [5.74, 6) is -0.674. The summed E-state index contributed by atoms with van der Waals surface area (Å²) in [5.41, 5.74) is 4.07. The summed E-state index contributed by atoms with van der Waals surface area (Å²) < 4.78 is 29.1. The van der Waals surface area contributed by atoms with Crippen molar-refractivity contribution in [1.82, 2.24) is 10.2 Å². The Labute approximate surface area is 238 Å². The van der Waals surface area contributed by atoms with E-state index in [1.807, 2.05) is 57.2 Å². The fraction of sp³-hybridized carbons (Fsp3) is 0.375. The third-order valence-electron chi connectivity index (χ3n) is 7.54. The minimum atomic E-state index is -4.08. The summed E-state index contributed by atoms with van der Waals surface area (Å²) in [6.45, 7) is 7.21. The van der Waals surface area contributed by atoms with Crippen LogP contribution in [0.3, 0.4) is 0 Å². The molecule has 3 aromatic rings. The number of rotatable bonds is 10. The van der Waals surface area contributed by atoms with E-state index < -0.39 is 28.5 Å². The van der Waals surface area contributed by atoms with Crippen LogP contribution in [0.4, 0.5) is 5.69 Å². The maximum Gasteiger partial charge on any atom is 0.264 e. The van der Waals surface area contributed by atoms with Gasteiger partial charge >= 0.3 is 0 Å². The number of carbonyl (C=O) groups excluding carboxylic acids is 2. The Morgan fingerprint density at radius 3 is 2.23 bits per heavy atom. The van der Waals surface area contributed by atoms with Gasteiger partial charge in [-0.3, -0.25) is 13.9 Å². The first-order valence-electron chi connectivity index (χ1n) is 13.9. The molecule has 0 heterocycles. The molecule has 0 radical (unpaired) electrons. The first-order chi connectivity index (χ1) is 19.1. The Morgan fingerprint density at radius 2 is 1.57 bits per heavy atom. The smallest absolute Gasteiger partial charge is 0.264 e. The lowest BCUT2D eigenvalue weighted by molar-refractivity contribution is -0.139. The predicted octanol–water partition coefficient (Wildman–Crippen LogP) is 5.28. The van der Waals surface area contributed by atoms with E-state index in [1.165, 1.54) is 21.3 Å². The molecule has 40 heavy (non-hydrogen) atoms. The Hall–Kier alpha value is -3.65. The van der Waals surface area contributed by atoms with Gasteiger partial charge in [-0.15, -0.1) is 0 Å². The number of aryl methyl sites for hydroxylation is 3. The molecule has 8 heteroatoms. The topological polar surface area (TPSA) is 86.8 Å². The number of carbonyl (C=O) groups is 2. The van der Waals surface area contributed by atoms with Gasteiger partial charge in [-0.05, 0) is 69.9 Å². The average Bonchev–Trinajstić information content (AvgIpc) is 3.44. The van der Waals surface area contributed by atoms with Crippen molar-refractivity contribution in [3.63, 3.8) is 0 Å². The van der Waals surface area contributed by atoms with E-state index in [-0.39, 0.29) is 23.4 Å². The Bertz CT molecular complexity index is 1450. The molecule has 1 saturated carbocycles. The summed E-state index contributed by atoms with van der Waals surface area (Å²) in [5, 5.41) is 3.10. The Morgan fingerprint density at radius 1 is 0.900 bits per heavy atom. The number of hydrogen-bond donors (Lipinski definition) is 1. The van der Waals surface area contributed by atoms with Gasteiger partial charge in [0, 0.05) is 12.6 Å². The molecule has 1 atom stereocenters. The number of sulfonamides is 1. The van der Waals surface area contributed by atoms with Gasteiger partial charge < -0.3 is 10.2 Å². The van der Waals surface area contributed by atoms with Crippen molar-refractivity contribution >= 4 is 27.5 Å². The zero-order valence-corrected chi connectivity index (χ0v) is 24.6. The van der Waals surface area contributed by atoms with E-state index in [2.05, 4.69) is 5.32 Å². The number of hydrogen-bond acceptors (Lipinski definition) is 4. The molecule has 212 valence electrons. The minimum absolute atomic E-state index is 0.0973. The zero-order valence-electron chi connectivity index (χ0n) is 23.8. The maximum absolute atomic E-state index is 14.1. The quantitative estimate of drug-likeness (QED) is 0.365. The van der Waals surface area contributed by atoms with Crippen LogP contribution >= 0.6 is 0 Å². The molecule has 0 aliphatic heterocycles. The van der Waals surface area contributed by atoms with Crippen LogP contribution in [-0.2, 0) is 26.2 Å². The number of benzene rings is 3. The monoisotopic (exact) mass is 561 g/mol. The van der Waals surface area contributed by atoms with E-state index >= 15 is 0 Å². The third kappa shape index (κ3) is 6.91. The van der Waals surface area contributed by atoms with E-state index in [4.69, 9.17) is 0 Å². The van der Waals surface area contributed by atoms with Crippen molar-refractivity contribution in [3.05, 3.63) is 95.1 Å². The second-order valence-corrected chi connectivity index (χ2v) is 12.7. The van der Waals surface area contributed by atoms with Crippen molar-refractivity contribution in [1.29, 1.82) is 0 Å². The minimum Gasteiger partial charge on any atom is -0.352 e. The normalized spacial score (nSPS) is 14.5. The molecule has 0 bridgehead atoms. The summed E-state index contributed by atoms with van der Waals surface area (Å²) >= 11 is 0. The highest BCUT2D eigenvalue weighted by atomic mass is 32.2. The first kappa shape index (κ1) is 29.3. The van der Waals surface area contributed by atoms with Crippen LogP contribution in [0.1, 0.15) is 54.9 Å². The number of nitrogens with one attached hydrogen (secondary N) is 1. The average molecular weight is 562 g/mol. The second-order valence-electron chi connectivity index (χ2n) is 10.8. The lowest BCUT2D eigenvalue weighted by atomic mass is 10.1. The van der Waals surface area contributed by atoms with Crippen molar-refractivity contribution < 1.29 is 18.0 Å². The molecule has 0 aromatic heterocycles. The van der Waals surface area contributed by atoms with Crippen molar-refractivity contribution in [2.45, 2.75) is 76.9 Å². The van der Waals surface area contributed by atoms with Gasteiger partial charge in [0.2, 0.25) is 11.8 Å². The van der Waals surface area contributed by atoms with Crippen molar-refractivity contribution in [2.24, 2.45) is 0 Å². The standard InChI is InChI=1S/C32H39N3O4S/c1-23-11-10-12-27(20-23)21-34(26(4)32(37)33-28-13-8-9-14-28)31(36)22-35(30-18-17-24(2)19-25(30)3)40(38,39)29-15-6-5-7-16-29/h5-7,10-12,15-20,26,28H,8-9,13-14,21-22H2,1-4H3,(H,33,37)/t26-/m1/s1. The Kier molecular flexibility index (Phi) is 9.30. The Balaban J connectivity index is 1.70. The van der Waals surface area contributed by atoms with Gasteiger partial charge in [-0.2, -0.15) is 0 Å². The van der Waals surface area contributed by atoms with Gasteiger partial charge in [0.05, 0.1) is 10.6 Å². The van der Waals surface area contributed by atoms with E-state index in [1.54, 1.807) is 31.2 Å². The largest absolute Gasteiger partial charge is 0.352 e. The molecule has 1 aliphatic rings. The fourth-order valence-electron chi connectivity index (χ4n) is 5.30. The molecule has 0 spiro atoms. The molecular formula is C32H39N3O4S. The SMILES string of the molecule is Cc1cccc(CN(C(=O)CN(c2ccc(C)cc2C)S(=O)(=O)c2ccccc2)[C@H](C)C(=O)NC2CCCC2)c1. The zero-order chi connectivity index (χ0) is 28.9. The van der Waals surface area contributed by atoms with Crippen LogP contribution in [0.5, 0.6) is 0 Å². The molecule has 1 fully saturated rings. The molecule has 2 amide bonds. The highest BCUT2D eigenvalue weighted by molar-refractivity contribution is 7.92. The molecule has 1 aliphatic carbocycles. The highest BCUT2D eigenvalue weighted by Gasteiger charge is 2.33. The predicted molar refractivity (Wildman–Crippen MR) is 158 cm³/mol. The van der Waals surface area contributed by atoms with Gasteiger partial charge in [0.15, 0.2) is 0 Å². The number of anilines is 1. The van der Waals surface area contributed by atoms with Gasteiger partial charge in [-0.25, -0.2) is 8.42 Å². The van der Waals surface area contributed by atoms with Gasteiger partial charge in [0.25, 0.3) is 10.0 Å². The van der Waals surface area contributed by atoms with E-state index in [0.717, 1.165) is 47.9 Å². The number of nitrogens with zero attached hydrogens (tertiary/aromatic N) is 2. The maximum atomic E-state index is 14.1. The second kappa shape index (κ2) is 12.7. The van der Waals surface area contributed by atoms with Gasteiger partial charge in [-0.1, -0.05) is 78.6 Å². The lowest BCUT2D eigenvalue weighted by Gasteiger charge is -2.33. The summed E-state index contributed by atoms with van der Waals surface area (Å²) in [6.07, 6.45) is 4.01. The molecule has 1 N–H and O–H groups in total. The summed E-state index contributed by atoms with van der Waals surface area (Å²) in [4.78, 5) is 29.0. The van der Waals surface area contributed by atoms with E-state index in [9.17, 15) is 18.0 Å². The van der Waals surface area contributed by atoms with Crippen molar-refractivity contribution in [3.8, 4) is 0 Å². The highest BCUT2D eigenvalue weighted by Crippen LogP contribution is 2.28. The van der Waals surface area contributed by atoms with E-state index in [0.29, 0.717) is 5.69 Å². The van der Waals surface area contributed by atoms with Gasteiger partial charge in [0.1, 0.15) is 12.6 Å². The summed E-state index contributed by atoms with van der Waals surface area (Å²) in [7, 11) is -4.08. The van der Waals surface area contributed by atoms with Crippen LogP contribution < -0.4 is 9.62 Å².